The van der Waals surface area contributed by atoms with Gasteiger partial charge in [-0.1, -0.05) is 24.3 Å². The molecule has 2 amide bonds. The van der Waals surface area contributed by atoms with Crippen LogP contribution in [-0.2, 0) is 6.61 Å². The lowest BCUT2D eigenvalue weighted by atomic mass is 10.1. The van der Waals surface area contributed by atoms with Crippen molar-refractivity contribution in [2.75, 3.05) is 0 Å². The number of benzene rings is 3. The van der Waals surface area contributed by atoms with E-state index in [2.05, 4.69) is 5.10 Å². The second-order valence-corrected chi connectivity index (χ2v) is 6.20. The van der Waals surface area contributed by atoms with Crippen molar-refractivity contribution in [3.63, 3.8) is 0 Å². The second kappa shape index (κ2) is 7.44. The Labute approximate surface area is 160 Å². The monoisotopic (exact) mass is 374 g/mol. The summed E-state index contributed by atoms with van der Waals surface area (Å²) in [6.45, 7) is 0.322. The van der Waals surface area contributed by atoms with Gasteiger partial charge < -0.3 is 4.74 Å². The number of imide groups is 1. The van der Waals surface area contributed by atoms with E-state index in [0.717, 1.165) is 10.6 Å². The van der Waals surface area contributed by atoms with Crippen LogP contribution in [0.2, 0.25) is 0 Å². The highest BCUT2D eigenvalue weighted by atomic mass is 19.1. The lowest BCUT2D eigenvalue weighted by molar-refractivity contribution is 0.0660. The summed E-state index contributed by atoms with van der Waals surface area (Å²) in [5.41, 5.74) is 2.28. The number of amides is 2. The molecular weight excluding hydrogens is 359 g/mol. The minimum absolute atomic E-state index is 0.287. The Hall–Kier alpha value is -3.80. The van der Waals surface area contributed by atoms with Gasteiger partial charge in [0.2, 0.25) is 0 Å². The molecule has 0 saturated heterocycles. The highest BCUT2D eigenvalue weighted by molar-refractivity contribution is 6.21. The predicted octanol–water partition coefficient (Wildman–Crippen LogP) is 4.03. The van der Waals surface area contributed by atoms with Crippen LogP contribution >= 0.6 is 0 Å². The lowest BCUT2D eigenvalue weighted by Gasteiger charge is -2.07. The first kappa shape index (κ1) is 17.6. The van der Waals surface area contributed by atoms with Gasteiger partial charge in [-0.25, -0.2) is 4.39 Å². The smallest absolute Gasteiger partial charge is 0.282 e. The molecule has 0 aromatic heterocycles. The molecule has 1 heterocycles. The molecule has 6 heteroatoms. The molecule has 0 N–H and O–H groups in total. The quantitative estimate of drug-likeness (QED) is 0.500. The van der Waals surface area contributed by atoms with Gasteiger partial charge >= 0.3 is 0 Å². The van der Waals surface area contributed by atoms with Gasteiger partial charge in [0, 0.05) is 0 Å². The summed E-state index contributed by atoms with van der Waals surface area (Å²) in [5, 5.41) is 4.90. The Morgan fingerprint density at radius 2 is 1.46 bits per heavy atom. The Balaban J connectivity index is 1.40. The van der Waals surface area contributed by atoms with Gasteiger partial charge in [0.15, 0.2) is 0 Å². The highest BCUT2D eigenvalue weighted by Gasteiger charge is 2.35. The molecule has 0 fully saturated rings. The van der Waals surface area contributed by atoms with Gasteiger partial charge in [0.05, 0.1) is 17.3 Å². The third-order valence-electron chi connectivity index (χ3n) is 4.29. The number of fused-ring (bicyclic) bond motifs is 1. The van der Waals surface area contributed by atoms with Crippen molar-refractivity contribution in [1.82, 2.24) is 5.01 Å². The van der Waals surface area contributed by atoms with Crippen molar-refractivity contribution in [2.45, 2.75) is 6.61 Å². The van der Waals surface area contributed by atoms with Gasteiger partial charge in [0.25, 0.3) is 11.8 Å². The van der Waals surface area contributed by atoms with Crippen LogP contribution in [0.3, 0.4) is 0 Å². The lowest BCUT2D eigenvalue weighted by Crippen LogP contribution is -2.23. The number of ether oxygens (including phenoxy) is 1. The van der Waals surface area contributed by atoms with Crippen LogP contribution in [0.4, 0.5) is 4.39 Å². The van der Waals surface area contributed by atoms with Crippen molar-refractivity contribution in [3.05, 3.63) is 101 Å². The SMILES string of the molecule is O=C1c2ccccc2C(=O)N1/N=C/c1ccc(OCc2ccc(F)cc2)cc1. The van der Waals surface area contributed by atoms with Crippen LogP contribution in [0.25, 0.3) is 0 Å². The zero-order valence-electron chi connectivity index (χ0n) is 14.7. The minimum atomic E-state index is -0.434. The van der Waals surface area contributed by atoms with Gasteiger partial charge in [-0.15, -0.1) is 0 Å². The molecule has 138 valence electrons. The molecule has 1 aliphatic heterocycles. The maximum absolute atomic E-state index is 12.9. The molecule has 4 rings (SSSR count). The largest absolute Gasteiger partial charge is 0.489 e. The third-order valence-corrected chi connectivity index (χ3v) is 4.29. The molecule has 0 unspecified atom stereocenters. The maximum Gasteiger partial charge on any atom is 0.282 e. The molecule has 0 saturated carbocycles. The highest BCUT2D eigenvalue weighted by Crippen LogP contribution is 2.22. The van der Waals surface area contributed by atoms with Crippen molar-refractivity contribution >= 4 is 18.0 Å². The number of nitrogens with zero attached hydrogens (tertiary/aromatic N) is 2. The number of rotatable bonds is 5. The van der Waals surface area contributed by atoms with E-state index in [1.807, 2.05) is 0 Å². The van der Waals surface area contributed by atoms with Crippen LogP contribution in [0.15, 0.2) is 77.9 Å². The number of hydrogen-bond acceptors (Lipinski definition) is 4. The first-order valence-electron chi connectivity index (χ1n) is 8.61. The summed E-state index contributed by atoms with van der Waals surface area (Å²) in [7, 11) is 0. The molecule has 0 aliphatic carbocycles. The summed E-state index contributed by atoms with van der Waals surface area (Å²) >= 11 is 0. The fourth-order valence-electron chi connectivity index (χ4n) is 2.80. The van der Waals surface area contributed by atoms with E-state index in [1.165, 1.54) is 18.3 Å². The normalized spacial score (nSPS) is 13.2. The molecule has 0 atom stereocenters. The van der Waals surface area contributed by atoms with Gasteiger partial charge in [0.1, 0.15) is 18.2 Å². The van der Waals surface area contributed by atoms with Crippen LogP contribution in [-0.4, -0.2) is 23.0 Å². The van der Waals surface area contributed by atoms with Gasteiger partial charge in [-0.2, -0.15) is 10.1 Å². The van der Waals surface area contributed by atoms with Crippen molar-refractivity contribution in [1.29, 1.82) is 0 Å². The average Bonchev–Trinajstić information content (AvgIpc) is 2.97. The first-order valence-corrected chi connectivity index (χ1v) is 8.61. The van der Waals surface area contributed by atoms with Crippen molar-refractivity contribution < 1.29 is 18.7 Å². The number of hydrazone groups is 1. The van der Waals surface area contributed by atoms with Gasteiger partial charge in [-0.05, 0) is 59.7 Å². The van der Waals surface area contributed by atoms with Crippen molar-refractivity contribution in [3.8, 4) is 5.75 Å². The second-order valence-electron chi connectivity index (χ2n) is 6.20. The molecule has 28 heavy (non-hydrogen) atoms. The Bertz CT molecular complexity index is 1020. The molecule has 5 nitrogen and oxygen atoms in total. The molecule has 0 spiro atoms. The van der Waals surface area contributed by atoms with E-state index in [0.29, 0.717) is 29.0 Å². The first-order chi connectivity index (χ1) is 13.6. The van der Waals surface area contributed by atoms with Crippen LogP contribution < -0.4 is 4.74 Å². The van der Waals surface area contributed by atoms with Crippen LogP contribution in [0.1, 0.15) is 31.8 Å². The standard InChI is InChI=1S/C22H15FN2O3/c23-17-9-5-16(6-10-17)14-28-18-11-7-15(8-12-18)13-24-25-21(26)19-3-1-2-4-20(19)22(25)27/h1-13H,14H2/b24-13+. The summed E-state index contributed by atoms with van der Waals surface area (Å²) in [6.07, 6.45) is 1.45. The van der Waals surface area contributed by atoms with E-state index in [-0.39, 0.29) is 5.82 Å². The van der Waals surface area contributed by atoms with Crippen LogP contribution in [0.5, 0.6) is 5.75 Å². The third kappa shape index (κ3) is 3.53. The van der Waals surface area contributed by atoms with E-state index in [1.54, 1.807) is 60.7 Å². The molecule has 0 radical (unpaired) electrons. The fourth-order valence-corrected chi connectivity index (χ4v) is 2.80. The average molecular weight is 374 g/mol. The Kier molecular flexibility index (Phi) is 4.68. The molecule has 3 aromatic carbocycles. The zero-order chi connectivity index (χ0) is 19.5. The van der Waals surface area contributed by atoms with Gasteiger partial charge in [-0.3, -0.25) is 9.59 Å². The number of carbonyl (C=O) groups is 2. The van der Waals surface area contributed by atoms with E-state index in [4.69, 9.17) is 4.74 Å². The molecule has 1 aliphatic rings. The minimum Gasteiger partial charge on any atom is -0.489 e. The van der Waals surface area contributed by atoms with E-state index < -0.39 is 11.8 Å². The topological polar surface area (TPSA) is 59.0 Å². The molecular formula is C22H15FN2O3. The summed E-state index contributed by atoms with van der Waals surface area (Å²) in [4.78, 5) is 24.5. The zero-order valence-corrected chi connectivity index (χ0v) is 14.7. The predicted molar refractivity (Wildman–Crippen MR) is 102 cm³/mol. The number of hydrogen-bond donors (Lipinski definition) is 0. The molecule has 0 bridgehead atoms. The van der Waals surface area contributed by atoms with E-state index >= 15 is 0 Å². The Morgan fingerprint density at radius 3 is 2.07 bits per heavy atom. The number of halogens is 1. The maximum atomic E-state index is 12.9. The summed E-state index contributed by atoms with van der Waals surface area (Å²) < 4.78 is 18.6. The number of carbonyl (C=O) groups excluding carboxylic acids is 2. The Morgan fingerprint density at radius 1 is 0.857 bits per heavy atom. The fraction of sp³-hybridized carbons (Fsp3) is 0.0455. The van der Waals surface area contributed by atoms with E-state index in [9.17, 15) is 14.0 Å². The van der Waals surface area contributed by atoms with Crippen molar-refractivity contribution in [2.24, 2.45) is 5.10 Å². The summed E-state index contributed by atoms with van der Waals surface area (Å²) in [6, 6.07) is 19.8. The van der Waals surface area contributed by atoms with Crippen LogP contribution in [0, 0.1) is 5.82 Å². The molecule has 3 aromatic rings. The summed E-state index contributed by atoms with van der Waals surface area (Å²) in [5.74, 6) is -0.514.